The lowest BCUT2D eigenvalue weighted by Gasteiger charge is -2.41. The number of likely N-dealkylation sites (tertiary alicyclic amines) is 1. The van der Waals surface area contributed by atoms with E-state index in [1.807, 2.05) is 13.8 Å². The first kappa shape index (κ1) is 25.6. The van der Waals surface area contributed by atoms with E-state index in [0.717, 1.165) is 19.1 Å². The van der Waals surface area contributed by atoms with E-state index in [1.165, 1.54) is 18.5 Å². The van der Waals surface area contributed by atoms with Crippen molar-refractivity contribution < 1.29 is 22.7 Å². The fourth-order valence-electron chi connectivity index (χ4n) is 4.14. The van der Waals surface area contributed by atoms with Gasteiger partial charge in [-0.05, 0) is 38.8 Å². The zero-order valence-corrected chi connectivity index (χ0v) is 22.0. The smallest absolute Gasteiger partial charge is 0.410 e. The number of nitrogens with zero attached hydrogens (tertiary/aromatic N) is 4. The van der Waals surface area contributed by atoms with Crippen molar-refractivity contribution in [2.24, 2.45) is 0 Å². The van der Waals surface area contributed by atoms with Crippen LogP contribution >= 0.6 is 23.2 Å². The molecule has 3 heterocycles. The van der Waals surface area contributed by atoms with Crippen LogP contribution in [0.25, 0.3) is 0 Å². The van der Waals surface area contributed by atoms with Crippen LogP contribution in [0.3, 0.4) is 0 Å². The molecule has 1 aromatic heterocycles. The molecule has 190 valence electrons. The summed E-state index contributed by atoms with van der Waals surface area (Å²) in [4.78, 5) is 24.9. The number of piperidine rings is 1. The number of amides is 1. The zero-order chi connectivity index (χ0) is 25.3. The third-order valence-corrected chi connectivity index (χ3v) is 7.51. The van der Waals surface area contributed by atoms with E-state index in [2.05, 4.69) is 20.2 Å². The summed E-state index contributed by atoms with van der Waals surface area (Å²) in [6.07, 6.45) is 3.60. The standard InChI is InChI=1S/C22H27Cl2N5O5S/c1-13(2)34-22(30)28-6-4-14(5-7-28)29-8-9-33-19-20(25-12-26-21(19)29)27-18-16(23)10-15(11-17(18)24)35(3,31)32/h10-14H,4-9H2,1-3H3,(H,25,26,27). The summed E-state index contributed by atoms with van der Waals surface area (Å²) < 4.78 is 35.0. The highest BCUT2D eigenvalue weighted by Gasteiger charge is 2.33. The van der Waals surface area contributed by atoms with Gasteiger partial charge in [-0.15, -0.1) is 0 Å². The van der Waals surface area contributed by atoms with E-state index >= 15 is 0 Å². The normalized spacial score (nSPS) is 16.6. The van der Waals surface area contributed by atoms with Gasteiger partial charge in [0.25, 0.3) is 0 Å². The number of halogens is 2. The van der Waals surface area contributed by atoms with Gasteiger partial charge in [0.2, 0.25) is 5.75 Å². The fourth-order valence-corrected chi connectivity index (χ4v) is 5.51. The number of hydrogen-bond acceptors (Lipinski definition) is 9. The molecule has 0 bridgehead atoms. The van der Waals surface area contributed by atoms with Gasteiger partial charge < -0.3 is 24.6 Å². The lowest BCUT2D eigenvalue weighted by Crippen LogP contribution is -2.49. The van der Waals surface area contributed by atoms with Crippen LogP contribution in [-0.4, -0.2) is 74.0 Å². The number of sulfone groups is 1. The Morgan fingerprint density at radius 3 is 2.43 bits per heavy atom. The molecule has 35 heavy (non-hydrogen) atoms. The molecule has 1 fully saturated rings. The molecule has 0 saturated carbocycles. The predicted octanol–water partition coefficient (Wildman–Crippen LogP) is 4.14. The molecule has 0 radical (unpaired) electrons. The highest BCUT2D eigenvalue weighted by atomic mass is 35.5. The van der Waals surface area contributed by atoms with Crippen molar-refractivity contribution in [3.8, 4) is 5.75 Å². The van der Waals surface area contributed by atoms with Crippen LogP contribution in [-0.2, 0) is 14.6 Å². The molecule has 2 aromatic rings. The van der Waals surface area contributed by atoms with Crippen LogP contribution in [0, 0.1) is 0 Å². The second kappa shape index (κ2) is 10.2. The van der Waals surface area contributed by atoms with Crippen molar-refractivity contribution in [1.29, 1.82) is 0 Å². The molecule has 0 spiro atoms. The molecule has 10 nitrogen and oxygen atoms in total. The number of benzene rings is 1. The molecule has 1 amide bonds. The first-order valence-corrected chi connectivity index (χ1v) is 13.9. The predicted molar refractivity (Wildman–Crippen MR) is 134 cm³/mol. The van der Waals surface area contributed by atoms with E-state index in [1.54, 1.807) is 4.90 Å². The SMILES string of the molecule is CC(C)OC(=O)N1CCC(N2CCOc3c(Nc4c(Cl)cc(S(C)(=O)=O)cc4Cl)ncnc32)CC1. The first-order valence-electron chi connectivity index (χ1n) is 11.2. The summed E-state index contributed by atoms with van der Waals surface area (Å²) >= 11 is 12.7. The molecule has 4 rings (SSSR count). The minimum atomic E-state index is -3.47. The average Bonchev–Trinajstić information content (AvgIpc) is 2.80. The van der Waals surface area contributed by atoms with Crippen molar-refractivity contribution in [3.63, 3.8) is 0 Å². The number of hydrogen-bond donors (Lipinski definition) is 1. The number of rotatable bonds is 5. The third kappa shape index (κ3) is 5.68. The Kier molecular flexibility index (Phi) is 7.48. The van der Waals surface area contributed by atoms with E-state index in [9.17, 15) is 13.2 Å². The van der Waals surface area contributed by atoms with Crippen LogP contribution < -0.4 is 15.0 Å². The first-order chi connectivity index (χ1) is 16.5. The number of nitrogens with one attached hydrogen (secondary N) is 1. The molecule has 0 atom stereocenters. The highest BCUT2D eigenvalue weighted by molar-refractivity contribution is 7.90. The number of aromatic nitrogens is 2. The van der Waals surface area contributed by atoms with Crippen molar-refractivity contribution in [2.45, 2.75) is 43.7 Å². The Hall–Kier alpha value is -2.50. The molecule has 2 aliphatic rings. The van der Waals surface area contributed by atoms with Gasteiger partial charge in [0.15, 0.2) is 21.5 Å². The van der Waals surface area contributed by atoms with Crippen LogP contribution in [0.5, 0.6) is 5.75 Å². The maximum absolute atomic E-state index is 12.2. The Morgan fingerprint density at radius 1 is 1.17 bits per heavy atom. The van der Waals surface area contributed by atoms with Crippen LogP contribution in [0.2, 0.25) is 10.0 Å². The number of ether oxygens (including phenoxy) is 2. The molecule has 0 aliphatic carbocycles. The molecule has 13 heteroatoms. The molecule has 1 aromatic carbocycles. The summed E-state index contributed by atoms with van der Waals surface area (Å²) in [5.41, 5.74) is 0.319. The van der Waals surface area contributed by atoms with Crippen molar-refractivity contribution in [1.82, 2.24) is 14.9 Å². The monoisotopic (exact) mass is 543 g/mol. The van der Waals surface area contributed by atoms with Crippen LogP contribution in [0.4, 0.5) is 22.1 Å². The lowest BCUT2D eigenvalue weighted by molar-refractivity contribution is 0.0687. The number of fused-ring (bicyclic) bond motifs is 1. The minimum Gasteiger partial charge on any atom is -0.485 e. The topological polar surface area (TPSA) is 114 Å². The number of carbonyl (C=O) groups excluding carboxylic acids is 1. The van der Waals surface area contributed by atoms with E-state index in [0.29, 0.717) is 49.3 Å². The quantitative estimate of drug-likeness (QED) is 0.593. The number of carbonyl (C=O) groups is 1. The van der Waals surface area contributed by atoms with Gasteiger partial charge in [-0.1, -0.05) is 23.2 Å². The van der Waals surface area contributed by atoms with Gasteiger partial charge in [-0.3, -0.25) is 0 Å². The summed E-state index contributed by atoms with van der Waals surface area (Å²) in [7, 11) is -3.47. The highest BCUT2D eigenvalue weighted by Crippen LogP contribution is 2.41. The average molecular weight is 544 g/mol. The minimum absolute atomic E-state index is 0.0220. The maximum atomic E-state index is 12.2. The van der Waals surface area contributed by atoms with Gasteiger partial charge >= 0.3 is 6.09 Å². The fraction of sp³-hybridized carbons (Fsp3) is 0.500. The number of anilines is 3. The van der Waals surface area contributed by atoms with Gasteiger partial charge in [-0.25, -0.2) is 23.2 Å². The molecule has 1 saturated heterocycles. The van der Waals surface area contributed by atoms with Crippen molar-refractivity contribution >= 4 is 56.5 Å². The lowest BCUT2D eigenvalue weighted by atomic mass is 10.0. The second-order valence-corrected chi connectivity index (χ2v) is 11.6. The Balaban J connectivity index is 1.54. The van der Waals surface area contributed by atoms with Gasteiger partial charge in [0.05, 0.1) is 33.3 Å². The van der Waals surface area contributed by atoms with Crippen molar-refractivity contribution in [2.75, 3.05) is 42.7 Å². The maximum Gasteiger partial charge on any atom is 0.410 e. The summed E-state index contributed by atoms with van der Waals surface area (Å²) in [5.74, 6) is 1.46. The largest absolute Gasteiger partial charge is 0.485 e. The Bertz CT molecular complexity index is 1200. The zero-order valence-electron chi connectivity index (χ0n) is 19.6. The summed E-state index contributed by atoms with van der Waals surface area (Å²) in [5, 5.41) is 3.36. The van der Waals surface area contributed by atoms with E-state index in [4.69, 9.17) is 32.7 Å². The molecule has 1 N–H and O–H groups in total. The van der Waals surface area contributed by atoms with E-state index < -0.39 is 9.84 Å². The van der Waals surface area contributed by atoms with Crippen LogP contribution in [0.1, 0.15) is 26.7 Å². The molecule has 2 aliphatic heterocycles. The Labute approximate surface area is 214 Å². The molecular weight excluding hydrogens is 517 g/mol. The van der Waals surface area contributed by atoms with Gasteiger partial charge in [-0.2, -0.15) is 0 Å². The third-order valence-electron chi connectivity index (χ3n) is 5.82. The summed E-state index contributed by atoms with van der Waals surface area (Å²) in [6.45, 7) is 5.93. The van der Waals surface area contributed by atoms with Crippen LogP contribution in [0.15, 0.2) is 23.4 Å². The van der Waals surface area contributed by atoms with E-state index in [-0.39, 0.29) is 33.2 Å². The Morgan fingerprint density at radius 2 is 1.83 bits per heavy atom. The van der Waals surface area contributed by atoms with Crippen molar-refractivity contribution in [3.05, 3.63) is 28.5 Å². The van der Waals surface area contributed by atoms with Gasteiger partial charge in [0, 0.05) is 25.4 Å². The van der Waals surface area contributed by atoms with Gasteiger partial charge in [0.1, 0.15) is 12.9 Å². The second-order valence-electron chi connectivity index (χ2n) is 8.73. The molecule has 0 unspecified atom stereocenters. The molecular formula is C22H27Cl2N5O5S. The summed E-state index contributed by atoms with van der Waals surface area (Å²) in [6, 6.07) is 2.85.